The van der Waals surface area contributed by atoms with E-state index in [9.17, 15) is 0 Å². The van der Waals surface area contributed by atoms with Crippen molar-refractivity contribution in [1.82, 2.24) is 0 Å². The minimum absolute atomic E-state index is 0.562. The summed E-state index contributed by atoms with van der Waals surface area (Å²) in [5, 5.41) is 0. The van der Waals surface area contributed by atoms with E-state index in [1.165, 1.54) is 5.57 Å². The van der Waals surface area contributed by atoms with Crippen LogP contribution in [0.25, 0.3) is 0 Å². The van der Waals surface area contributed by atoms with Gasteiger partial charge in [0.15, 0.2) is 0 Å². The highest BCUT2D eigenvalue weighted by molar-refractivity contribution is 5.26. The van der Waals surface area contributed by atoms with Gasteiger partial charge in [-0.1, -0.05) is 39.8 Å². The molecular formula is C11H17. The first-order chi connectivity index (χ1) is 5.11. The summed E-state index contributed by atoms with van der Waals surface area (Å²) in [7, 11) is 0. The number of hydrogen-bond acceptors (Lipinski definition) is 0. The van der Waals surface area contributed by atoms with Gasteiger partial charge < -0.3 is 0 Å². The molecule has 0 amide bonds. The summed E-state index contributed by atoms with van der Waals surface area (Å²) in [5.41, 5.74) is 1.38. The highest BCUT2D eigenvalue weighted by Crippen LogP contribution is 2.25. The van der Waals surface area contributed by atoms with Gasteiger partial charge in [0.25, 0.3) is 0 Å². The average molecular weight is 149 g/mol. The number of rotatable bonds is 2. The van der Waals surface area contributed by atoms with E-state index in [2.05, 4.69) is 45.9 Å². The molecule has 0 aliphatic heterocycles. The standard InChI is InChI=1S/C11H17/c1-8(2)10-5-6-11(7-10)9(3)4/h5-6,8-10H,1-4H3. The van der Waals surface area contributed by atoms with Crippen LogP contribution in [0.15, 0.2) is 17.7 Å². The van der Waals surface area contributed by atoms with E-state index in [0.717, 1.165) is 0 Å². The Labute approximate surface area is 70.0 Å². The first-order valence-electron chi connectivity index (χ1n) is 4.43. The normalized spacial score (nSPS) is 23.5. The zero-order valence-corrected chi connectivity index (χ0v) is 7.89. The predicted molar refractivity (Wildman–Crippen MR) is 49.1 cm³/mol. The first kappa shape index (κ1) is 8.58. The summed E-state index contributed by atoms with van der Waals surface area (Å²) < 4.78 is 0. The van der Waals surface area contributed by atoms with Crippen LogP contribution < -0.4 is 0 Å². The summed E-state index contributed by atoms with van der Waals surface area (Å²) in [4.78, 5) is 0. The lowest BCUT2D eigenvalue weighted by molar-refractivity contribution is 0.541. The molecule has 0 spiro atoms. The Bertz CT molecular complexity index is 182. The van der Waals surface area contributed by atoms with Crippen molar-refractivity contribution in [2.75, 3.05) is 0 Å². The second kappa shape index (κ2) is 3.25. The van der Waals surface area contributed by atoms with Crippen LogP contribution in [0.1, 0.15) is 27.7 Å². The molecule has 0 bridgehead atoms. The molecule has 0 nitrogen and oxygen atoms in total. The molecule has 1 atom stereocenters. The van der Waals surface area contributed by atoms with Crippen molar-refractivity contribution in [2.24, 2.45) is 17.8 Å². The van der Waals surface area contributed by atoms with Crippen LogP contribution in [-0.2, 0) is 0 Å². The molecule has 0 aromatic heterocycles. The molecule has 1 aliphatic rings. The van der Waals surface area contributed by atoms with Crippen molar-refractivity contribution in [1.29, 1.82) is 0 Å². The molecule has 0 fully saturated rings. The van der Waals surface area contributed by atoms with Gasteiger partial charge in [0, 0.05) is 5.92 Å². The van der Waals surface area contributed by atoms with Crippen LogP contribution in [0.3, 0.4) is 0 Å². The highest BCUT2D eigenvalue weighted by Gasteiger charge is 2.14. The van der Waals surface area contributed by atoms with Gasteiger partial charge in [-0.25, -0.2) is 0 Å². The molecule has 1 radical (unpaired) electrons. The molecule has 0 heteroatoms. The molecule has 11 heavy (non-hydrogen) atoms. The fourth-order valence-corrected chi connectivity index (χ4v) is 1.24. The molecule has 0 N–H and O–H groups in total. The minimum atomic E-state index is 0.562. The second-order valence-electron chi connectivity index (χ2n) is 3.88. The van der Waals surface area contributed by atoms with E-state index in [1.54, 1.807) is 0 Å². The first-order valence-corrected chi connectivity index (χ1v) is 4.43. The Hall–Kier alpha value is -0.520. The van der Waals surface area contributed by atoms with Crippen LogP contribution in [0.2, 0.25) is 0 Å². The summed E-state index contributed by atoms with van der Waals surface area (Å²) >= 11 is 0. The lowest BCUT2D eigenvalue weighted by atomic mass is 9.96. The van der Waals surface area contributed by atoms with Crippen molar-refractivity contribution in [3.05, 3.63) is 23.8 Å². The minimum Gasteiger partial charge on any atom is -0.0764 e. The van der Waals surface area contributed by atoms with Crippen LogP contribution in [0, 0.1) is 23.8 Å². The lowest BCUT2D eigenvalue weighted by Gasteiger charge is -2.08. The molecule has 1 aliphatic carbocycles. The van der Waals surface area contributed by atoms with Crippen LogP contribution >= 0.6 is 0 Å². The van der Waals surface area contributed by atoms with Crippen molar-refractivity contribution < 1.29 is 0 Å². The SMILES string of the molecule is CC(C)C1=[C]C(C(C)C)C=C1. The van der Waals surface area contributed by atoms with Crippen molar-refractivity contribution in [3.63, 3.8) is 0 Å². The van der Waals surface area contributed by atoms with Crippen LogP contribution in [0.5, 0.6) is 0 Å². The van der Waals surface area contributed by atoms with Gasteiger partial charge in [0.1, 0.15) is 0 Å². The molecule has 1 rings (SSSR count). The number of allylic oxidation sites excluding steroid dienone is 4. The maximum absolute atomic E-state index is 3.50. The topological polar surface area (TPSA) is 0 Å². The van der Waals surface area contributed by atoms with Crippen LogP contribution in [0.4, 0.5) is 0 Å². The summed E-state index contributed by atoms with van der Waals surface area (Å²) in [6.07, 6.45) is 7.98. The van der Waals surface area contributed by atoms with E-state index in [-0.39, 0.29) is 0 Å². The van der Waals surface area contributed by atoms with Crippen molar-refractivity contribution in [2.45, 2.75) is 27.7 Å². The summed E-state index contributed by atoms with van der Waals surface area (Å²) in [5.74, 6) is 1.89. The average Bonchev–Trinajstić information content (AvgIpc) is 2.33. The molecule has 0 aromatic carbocycles. The van der Waals surface area contributed by atoms with Gasteiger partial charge in [-0.05, 0) is 23.5 Å². The Morgan fingerprint density at radius 2 is 1.91 bits per heavy atom. The quantitative estimate of drug-likeness (QED) is 0.565. The third-order valence-electron chi connectivity index (χ3n) is 2.16. The smallest absolute Gasteiger partial charge is 0.00501 e. The van der Waals surface area contributed by atoms with Gasteiger partial charge in [-0.3, -0.25) is 0 Å². The monoisotopic (exact) mass is 149 g/mol. The van der Waals surface area contributed by atoms with Gasteiger partial charge in [-0.2, -0.15) is 0 Å². The molecule has 0 aromatic rings. The third-order valence-corrected chi connectivity index (χ3v) is 2.16. The highest BCUT2D eigenvalue weighted by atomic mass is 14.2. The Balaban J connectivity index is 2.63. The van der Waals surface area contributed by atoms with E-state index < -0.39 is 0 Å². The third kappa shape index (κ3) is 1.95. The van der Waals surface area contributed by atoms with E-state index in [4.69, 9.17) is 0 Å². The van der Waals surface area contributed by atoms with Gasteiger partial charge in [0.2, 0.25) is 0 Å². The zero-order valence-electron chi connectivity index (χ0n) is 7.89. The summed E-state index contributed by atoms with van der Waals surface area (Å²) in [6, 6.07) is 0. The zero-order chi connectivity index (χ0) is 8.43. The predicted octanol–water partition coefficient (Wildman–Crippen LogP) is 3.21. The Morgan fingerprint density at radius 1 is 1.27 bits per heavy atom. The molecule has 0 saturated heterocycles. The van der Waals surface area contributed by atoms with E-state index >= 15 is 0 Å². The molecular weight excluding hydrogens is 132 g/mol. The molecule has 0 heterocycles. The molecule has 0 saturated carbocycles. The maximum atomic E-state index is 3.50. The second-order valence-corrected chi connectivity index (χ2v) is 3.88. The van der Waals surface area contributed by atoms with Gasteiger partial charge in [-0.15, -0.1) is 0 Å². The van der Waals surface area contributed by atoms with Gasteiger partial charge in [0.05, 0.1) is 0 Å². The Morgan fingerprint density at radius 3 is 2.18 bits per heavy atom. The fourth-order valence-electron chi connectivity index (χ4n) is 1.24. The van der Waals surface area contributed by atoms with Gasteiger partial charge >= 0.3 is 0 Å². The number of hydrogen-bond donors (Lipinski definition) is 0. The van der Waals surface area contributed by atoms with E-state index in [1.807, 2.05) is 0 Å². The van der Waals surface area contributed by atoms with Crippen LogP contribution in [-0.4, -0.2) is 0 Å². The summed E-state index contributed by atoms with van der Waals surface area (Å²) in [6.45, 7) is 8.92. The Kier molecular flexibility index (Phi) is 2.53. The van der Waals surface area contributed by atoms with Crippen molar-refractivity contribution in [3.8, 4) is 0 Å². The van der Waals surface area contributed by atoms with E-state index in [0.29, 0.717) is 17.8 Å². The molecule has 61 valence electrons. The lowest BCUT2D eigenvalue weighted by Crippen LogP contribution is -2.00. The largest absolute Gasteiger partial charge is 0.0764 e. The fraction of sp³-hybridized carbons (Fsp3) is 0.636. The van der Waals surface area contributed by atoms with Crippen molar-refractivity contribution >= 4 is 0 Å². The maximum Gasteiger partial charge on any atom is 0.00501 e. The molecule has 1 unspecified atom stereocenters.